The smallest absolute Gasteiger partial charge is 0.133 e. The third-order valence-electron chi connectivity index (χ3n) is 2.40. The lowest BCUT2D eigenvalue weighted by Crippen LogP contribution is -2.50. The molecule has 0 amide bonds. The van der Waals surface area contributed by atoms with Gasteiger partial charge in [0.2, 0.25) is 0 Å². The van der Waals surface area contributed by atoms with Gasteiger partial charge in [-0.15, -0.1) is 0 Å². The number of hydrogen-bond acceptors (Lipinski definition) is 4. The molecule has 0 radical (unpaired) electrons. The van der Waals surface area contributed by atoms with E-state index in [0.29, 0.717) is 19.1 Å². The molecule has 0 aromatic heterocycles. The number of hydrogen-bond donors (Lipinski definition) is 2. The number of ether oxygens (including phenoxy) is 1. The van der Waals surface area contributed by atoms with Gasteiger partial charge in [-0.05, 0) is 18.8 Å². The number of nitrogens with zero attached hydrogens (tertiary/aromatic N) is 1. The number of rotatable bonds is 6. The van der Waals surface area contributed by atoms with Crippen molar-refractivity contribution in [3.05, 3.63) is 0 Å². The fraction of sp³-hybridized carbons (Fsp3) is 0.889. The Hall–Kier alpha value is -0.630. The van der Waals surface area contributed by atoms with Crippen molar-refractivity contribution in [1.82, 2.24) is 5.32 Å². The van der Waals surface area contributed by atoms with E-state index in [-0.39, 0.29) is 6.61 Å². The van der Waals surface area contributed by atoms with Gasteiger partial charge in [-0.1, -0.05) is 0 Å². The maximum absolute atomic E-state index is 9.07. The van der Waals surface area contributed by atoms with Gasteiger partial charge in [-0.25, -0.2) is 0 Å². The molecule has 0 saturated heterocycles. The van der Waals surface area contributed by atoms with Crippen LogP contribution in [-0.2, 0) is 4.74 Å². The summed E-state index contributed by atoms with van der Waals surface area (Å²) in [4.78, 5) is 0. The lowest BCUT2D eigenvalue weighted by Gasteiger charge is -2.26. The highest BCUT2D eigenvalue weighted by molar-refractivity contribution is 5.15. The first-order valence-electron chi connectivity index (χ1n) is 4.55. The molecule has 0 aromatic rings. The van der Waals surface area contributed by atoms with Crippen LogP contribution in [0.4, 0.5) is 0 Å². The molecule has 1 fully saturated rings. The van der Waals surface area contributed by atoms with Crippen molar-refractivity contribution in [2.75, 3.05) is 26.9 Å². The van der Waals surface area contributed by atoms with E-state index in [1.807, 2.05) is 0 Å². The average Bonchev–Trinajstić information content (AvgIpc) is 2.96. The zero-order chi connectivity index (χ0) is 9.73. The Labute approximate surface area is 78.5 Å². The van der Waals surface area contributed by atoms with Gasteiger partial charge in [0.05, 0.1) is 19.3 Å². The van der Waals surface area contributed by atoms with E-state index in [9.17, 15) is 0 Å². The normalized spacial score (nSPS) is 20.7. The predicted molar refractivity (Wildman–Crippen MR) is 48.0 cm³/mol. The van der Waals surface area contributed by atoms with Crippen LogP contribution in [0.15, 0.2) is 0 Å². The van der Waals surface area contributed by atoms with Crippen molar-refractivity contribution in [1.29, 1.82) is 5.26 Å². The summed E-state index contributed by atoms with van der Waals surface area (Å²) in [5.41, 5.74) is -0.572. The van der Waals surface area contributed by atoms with Gasteiger partial charge in [0.25, 0.3) is 0 Å². The van der Waals surface area contributed by atoms with E-state index in [1.54, 1.807) is 7.11 Å². The highest BCUT2D eigenvalue weighted by Crippen LogP contribution is 2.39. The molecule has 1 unspecified atom stereocenters. The molecule has 1 aliphatic rings. The summed E-state index contributed by atoms with van der Waals surface area (Å²) >= 11 is 0. The first-order chi connectivity index (χ1) is 6.29. The van der Waals surface area contributed by atoms with Crippen molar-refractivity contribution in [3.8, 4) is 6.07 Å². The standard InChI is InChI=1S/C9H16N2O2/c1-13-7-9(6-10,8-2-3-8)11-4-5-12/h8,11-12H,2-5,7H2,1H3. The van der Waals surface area contributed by atoms with Crippen LogP contribution in [0.5, 0.6) is 0 Å². The van der Waals surface area contributed by atoms with E-state index in [4.69, 9.17) is 15.1 Å². The summed E-state index contributed by atoms with van der Waals surface area (Å²) in [6, 6.07) is 2.27. The molecular formula is C9H16N2O2. The summed E-state index contributed by atoms with van der Waals surface area (Å²) in [6.07, 6.45) is 2.16. The molecule has 1 rings (SSSR count). The van der Waals surface area contributed by atoms with Crippen LogP contribution in [0.2, 0.25) is 0 Å². The molecule has 74 valence electrons. The van der Waals surface area contributed by atoms with E-state index in [1.165, 1.54) is 0 Å². The molecule has 1 aliphatic carbocycles. The SMILES string of the molecule is COCC(C#N)(NCCO)C1CC1. The molecule has 4 heteroatoms. The quantitative estimate of drug-likeness (QED) is 0.604. The zero-order valence-corrected chi connectivity index (χ0v) is 7.92. The first-order valence-corrected chi connectivity index (χ1v) is 4.55. The van der Waals surface area contributed by atoms with Crippen LogP contribution in [0.1, 0.15) is 12.8 Å². The second-order valence-electron chi connectivity index (χ2n) is 3.44. The summed E-state index contributed by atoms with van der Waals surface area (Å²) in [7, 11) is 1.59. The minimum Gasteiger partial charge on any atom is -0.395 e. The molecule has 2 N–H and O–H groups in total. The highest BCUT2D eigenvalue weighted by atomic mass is 16.5. The van der Waals surface area contributed by atoms with Crippen molar-refractivity contribution in [3.63, 3.8) is 0 Å². The lowest BCUT2D eigenvalue weighted by atomic mass is 9.96. The molecule has 0 heterocycles. The van der Waals surface area contributed by atoms with Gasteiger partial charge in [0.1, 0.15) is 5.54 Å². The topological polar surface area (TPSA) is 65.3 Å². The second-order valence-corrected chi connectivity index (χ2v) is 3.44. The van der Waals surface area contributed by atoms with E-state index in [2.05, 4.69) is 11.4 Å². The van der Waals surface area contributed by atoms with E-state index in [0.717, 1.165) is 12.8 Å². The summed E-state index contributed by atoms with van der Waals surface area (Å²) in [5.74, 6) is 0.393. The Bertz CT molecular complexity index is 198. The van der Waals surface area contributed by atoms with E-state index < -0.39 is 5.54 Å². The number of nitrogens with one attached hydrogen (secondary N) is 1. The maximum Gasteiger partial charge on any atom is 0.133 e. The third-order valence-corrected chi connectivity index (χ3v) is 2.40. The van der Waals surface area contributed by atoms with Crippen LogP contribution in [-0.4, -0.2) is 37.5 Å². The molecule has 0 aromatic carbocycles. The summed E-state index contributed by atoms with van der Waals surface area (Å²) < 4.78 is 5.03. The fourth-order valence-electron chi connectivity index (χ4n) is 1.56. The number of aliphatic hydroxyl groups excluding tert-OH is 1. The van der Waals surface area contributed by atoms with Gasteiger partial charge in [-0.3, -0.25) is 5.32 Å². The van der Waals surface area contributed by atoms with Gasteiger partial charge >= 0.3 is 0 Å². The van der Waals surface area contributed by atoms with Crippen LogP contribution in [0.3, 0.4) is 0 Å². The Morgan fingerprint density at radius 1 is 1.69 bits per heavy atom. The van der Waals surface area contributed by atoms with Crippen LogP contribution >= 0.6 is 0 Å². The Kier molecular flexibility index (Phi) is 3.67. The molecule has 4 nitrogen and oxygen atoms in total. The molecule has 0 spiro atoms. The second kappa shape index (κ2) is 4.56. The molecule has 0 aliphatic heterocycles. The van der Waals surface area contributed by atoms with Crippen molar-refractivity contribution in [2.45, 2.75) is 18.4 Å². The zero-order valence-electron chi connectivity index (χ0n) is 7.92. The first kappa shape index (κ1) is 10.5. The van der Waals surface area contributed by atoms with Crippen molar-refractivity contribution >= 4 is 0 Å². The number of aliphatic hydroxyl groups is 1. The van der Waals surface area contributed by atoms with Crippen LogP contribution in [0, 0.1) is 17.2 Å². The summed E-state index contributed by atoms with van der Waals surface area (Å²) in [5, 5.41) is 20.8. The highest BCUT2D eigenvalue weighted by Gasteiger charge is 2.45. The molecule has 1 atom stereocenters. The van der Waals surface area contributed by atoms with Gasteiger partial charge < -0.3 is 9.84 Å². The number of nitriles is 1. The van der Waals surface area contributed by atoms with Crippen molar-refractivity contribution in [2.24, 2.45) is 5.92 Å². The monoisotopic (exact) mass is 184 g/mol. The molecule has 0 bridgehead atoms. The minimum absolute atomic E-state index is 0.0554. The minimum atomic E-state index is -0.572. The van der Waals surface area contributed by atoms with Crippen LogP contribution < -0.4 is 5.32 Å². The van der Waals surface area contributed by atoms with Gasteiger partial charge in [0.15, 0.2) is 0 Å². The number of β-amino-alcohol motifs (C(OH)–C–C–N with tert-alkyl or cyclic N) is 1. The Morgan fingerprint density at radius 3 is 2.77 bits per heavy atom. The largest absolute Gasteiger partial charge is 0.395 e. The predicted octanol–water partition coefficient (Wildman–Crippen LogP) is -0.113. The third kappa shape index (κ3) is 2.41. The maximum atomic E-state index is 9.07. The number of methoxy groups -OCH3 is 1. The van der Waals surface area contributed by atoms with Crippen molar-refractivity contribution < 1.29 is 9.84 Å². The lowest BCUT2D eigenvalue weighted by molar-refractivity contribution is 0.121. The van der Waals surface area contributed by atoms with Gasteiger partial charge in [-0.2, -0.15) is 5.26 Å². The van der Waals surface area contributed by atoms with E-state index >= 15 is 0 Å². The average molecular weight is 184 g/mol. The fourth-order valence-corrected chi connectivity index (χ4v) is 1.56. The Morgan fingerprint density at radius 2 is 2.38 bits per heavy atom. The van der Waals surface area contributed by atoms with Gasteiger partial charge in [0, 0.05) is 13.7 Å². The van der Waals surface area contributed by atoms with Crippen LogP contribution in [0.25, 0.3) is 0 Å². The molecule has 1 saturated carbocycles. The Balaban J connectivity index is 2.54. The molecule has 13 heavy (non-hydrogen) atoms. The molecular weight excluding hydrogens is 168 g/mol. The summed E-state index contributed by atoms with van der Waals surface area (Å²) in [6.45, 7) is 0.904.